The number of carbonyl (C=O) groups excluding carboxylic acids is 2. The Balaban J connectivity index is 0.00000127. The third-order valence-electron chi connectivity index (χ3n) is 2.96. The summed E-state index contributed by atoms with van der Waals surface area (Å²) in [5, 5.41) is 2.82. The van der Waals surface area contributed by atoms with Crippen LogP contribution in [-0.4, -0.2) is 19.0 Å². The Morgan fingerprint density at radius 3 is 2.00 bits per heavy atom. The molecule has 23 heavy (non-hydrogen) atoms. The van der Waals surface area contributed by atoms with Gasteiger partial charge in [0.2, 0.25) is 0 Å². The maximum Gasteiger partial charge on any atom is 0.337 e. The molecule has 0 bridgehead atoms. The van der Waals surface area contributed by atoms with Gasteiger partial charge in [0.05, 0.1) is 12.7 Å². The lowest BCUT2D eigenvalue weighted by Gasteiger charge is -2.06. The minimum absolute atomic E-state index is 0.152. The fraction of sp³-hybridized carbons (Fsp3) is 0.222. The molecular formula is C18H21NO3S. The Labute approximate surface area is 142 Å². The van der Waals surface area contributed by atoms with Gasteiger partial charge in [-0.2, -0.15) is 0 Å². The molecule has 122 valence electrons. The quantitative estimate of drug-likeness (QED) is 0.663. The molecule has 0 aromatic heterocycles. The number of ether oxygens (including phenoxy) is 1. The van der Waals surface area contributed by atoms with Crippen molar-refractivity contribution in [1.82, 2.24) is 5.32 Å². The number of thiol groups is 1. The van der Waals surface area contributed by atoms with E-state index in [0.717, 1.165) is 10.5 Å². The lowest BCUT2D eigenvalue weighted by atomic mass is 10.1. The summed E-state index contributed by atoms with van der Waals surface area (Å²) in [6.45, 7) is 4.39. The normalized spacial score (nSPS) is 9.39. The van der Waals surface area contributed by atoms with Crippen LogP contribution in [0.15, 0.2) is 53.4 Å². The van der Waals surface area contributed by atoms with Crippen molar-refractivity contribution >= 4 is 24.5 Å². The standard InChI is InChI=1S/C16H15NO3S.C2H6/c1-20-16(19)13-4-2-11(3-5-13)10-17-15(18)12-6-8-14(21)9-7-12;1-2/h2-9,21H,10H2,1H3,(H,17,18);1-2H3. The van der Waals surface area contributed by atoms with Crippen molar-refractivity contribution in [2.45, 2.75) is 25.3 Å². The van der Waals surface area contributed by atoms with Crippen LogP contribution < -0.4 is 5.32 Å². The van der Waals surface area contributed by atoms with Crippen molar-refractivity contribution in [1.29, 1.82) is 0 Å². The molecule has 0 aliphatic heterocycles. The molecule has 2 aromatic carbocycles. The number of nitrogens with one attached hydrogen (secondary N) is 1. The minimum Gasteiger partial charge on any atom is -0.465 e. The first kappa shape index (κ1) is 18.8. The second-order valence-corrected chi connectivity index (χ2v) is 4.93. The van der Waals surface area contributed by atoms with Crippen LogP contribution in [0.1, 0.15) is 40.1 Å². The van der Waals surface area contributed by atoms with Gasteiger partial charge in [-0.25, -0.2) is 4.79 Å². The third kappa shape index (κ3) is 5.79. The molecule has 2 aromatic rings. The molecule has 0 saturated carbocycles. The van der Waals surface area contributed by atoms with E-state index in [1.54, 1.807) is 48.5 Å². The molecule has 1 N–H and O–H groups in total. The van der Waals surface area contributed by atoms with E-state index >= 15 is 0 Å². The molecular weight excluding hydrogens is 310 g/mol. The smallest absolute Gasteiger partial charge is 0.337 e. The molecule has 0 radical (unpaired) electrons. The highest BCUT2D eigenvalue weighted by Crippen LogP contribution is 2.09. The Bertz CT molecular complexity index is 636. The second kappa shape index (κ2) is 9.69. The molecule has 1 amide bonds. The minimum atomic E-state index is -0.377. The molecule has 0 fully saturated rings. The van der Waals surface area contributed by atoms with Crippen LogP contribution in [0.4, 0.5) is 0 Å². The molecule has 0 spiro atoms. The fourth-order valence-corrected chi connectivity index (χ4v) is 1.92. The summed E-state index contributed by atoms with van der Waals surface area (Å²) >= 11 is 4.17. The van der Waals surface area contributed by atoms with Gasteiger partial charge in [-0.15, -0.1) is 12.6 Å². The molecule has 4 nitrogen and oxygen atoms in total. The SMILES string of the molecule is CC.COC(=O)c1ccc(CNC(=O)c2ccc(S)cc2)cc1. The molecule has 0 atom stereocenters. The Hall–Kier alpha value is -2.27. The van der Waals surface area contributed by atoms with E-state index in [0.29, 0.717) is 17.7 Å². The van der Waals surface area contributed by atoms with E-state index in [1.807, 2.05) is 13.8 Å². The van der Waals surface area contributed by atoms with Crippen molar-refractivity contribution in [3.05, 3.63) is 65.2 Å². The summed E-state index contributed by atoms with van der Waals surface area (Å²) < 4.78 is 4.63. The molecule has 0 heterocycles. The van der Waals surface area contributed by atoms with Gasteiger partial charge in [0, 0.05) is 17.0 Å². The van der Waals surface area contributed by atoms with Crippen molar-refractivity contribution in [3.63, 3.8) is 0 Å². The van der Waals surface area contributed by atoms with Gasteiger partial charge in [0.15, 0.2) is 0 Å². The highest BCUT2D eigenvalue weighted by molar-refractivity contribution is 7.80. The highest BCUT2D eigenvalue weighted by Gasteiger charge is 2.06. The van der Waals surface area contributed by atoms with Crippen molar-refractivity contribution in [3.8, 4) is 0 Å². The number of amides is 1. The number of methoxy groups -OCH3 is 1. The van der Waals surface area contributed by atoms with Gasteiger partial charge < -0.3 is 10.1 Å². The average Bonchev–Trinajstić information content (AvgIpc) is 2.61. The second-order valence-electron chi connectivity index (χ2n) is 4.42. The summed E-state index contributed by atoms with van der Waals surface area (Å²) in [5.41, 5.74) is 1.97. The Morgan fingerprint density at radius 1 is 0.957 bits per heavy atom. The van der Waals surface area contributed by atoms with Crippen LogP contribution in [0, 0.1) is 0 Å². The van der Waals surface area contributed by atoms with E-state index in [1.165, 1.54) is 7.11 Å². The first-order valence-corrected chi connectivity index (χ1v) is 7.79. The van der Waals surface area contributed by atoms with Gasteiger partial charge in [-0.3, -0.25) is 4.79 Å². The first-order chi connectivity index (χ1) is 11.1. The Kier molecular flexibility index (Phi) is 7.91. The molecule has 0 aliphatic rings. The maximum absolute atomic E-state index is 11.9. The Morgan fingerprint density at radius 2 is 1.48 bits per heavy atom. The van der Waals surface area contributed by atoms with Crippen molar-refractivity contribution in [2.24, 2.45) is 0 Å². The number of carbonyl (C=O) groups is 2. The van der Waals surface area contributed by atoms with E-state index in [9.17, 15) is 9.59 Å². The summed E-state index contributed by atoms with van der Waals surface area (Å²) in [6.07, 6.45) is 0. The zero-order valence-corrected chi connectivity index (χ0v) is 14.4. The number of hydrogen-bond donors (Lipinski definition) is 2. The van der Waals surface area contributed by atoms with Gasteiger partial charge in [0.1, 0.15) is 0 Å². The summed E-state index contributed by atoms with van der Waals surface area (Å²) in [5.74, 6) is -0.530. The fourth-order valence-electron chi connectivity index (χ4n) is 1.77. The van der Waals surface area contributed by atoms with Crippen molar-refractivity contribution in [2.75, 3.05) is 7.11 Å². The van der Waals surface area contributed by atoms with Crippen LogP contribution in [0.3, 0.4) is 0 Å². The van der Waals surface area contributed by atoms with Gasteiger partial charge in [0.25, 0.3) is 5.91 Å². The number of benzene rings is 2. The monoisotopic (exact) mass is 331 g/mol. The van der Waals surface area contributed by atoms with Crippen molar-refractivity contribution < 1.29 is 14.3 Å². The molecule has 0 unspecified atom stereocenters. The summed E-state index contributed by atoms with van der Waals surface area (Å²) in [6, 6.07) is 13.9. The third-order valence-corrected chi connectivity index (χ3v) is 3.26. The lowest BCUT2D eigenvalue weighted by molar-refractivity contribution is 0.0600. The van der Waals surface area contributed by atoms with Crippen LogP contribution in [0.2, 0.25) is 0 Å². The van der Waals surface area contributed by atoms with Gasteiger partial charge in [-0.05, 0) is 42.0 Å². The molecule has 0 aliphatic carbocycles. The zero-order chi connectivity index (χ0) is 17.2. The van der Waals surface area contributed by atoms with E-state index in [-0.39, 0.29) is 11.9 Å². The molecule has 0 saturated heterocycles. The predicted molar refractivity (Wildman–Crippen MR) is 94.0 cm³/mol. The van der Waals surface area contributed by atoms with Crippen LogP contribution in [-0.2, 0) is 11.3 Å². The molecule has 2 rings (SSSR count). The number of esters is 1. The summed E-state index contributed by atoms with van der Waals surface area (Å²) in [4.78, 5) is 24.1. The number of rotatable bonds is 4. The summed E-state index contributed by atoms with van der Waals surface area (Å²) in [7, 11) is 1.34. The van der Waals surface area contributed by atoms with E-state index in [2.05, 4.69) is 22.7 Å². The number of hydrogen-bond acceptors (Lipinski definition) is 4. The highest BCUT2D eigenvalue weighted by atomic mass is 32.1. The first-order valence-electron chi connectivity index (χ1n) is 7.34. The van der Waals surface area contributed by atoms with Gasteiger partial charge >= 0.3 is 5.97 Å². The topological polar surface area (TPSA) is 55.4 Å². The van der Waals surface area contributed by atoms with Crippen LogP contribution >= 0.6 is 12.6 Å². The maximum atomic E-state index is 11.9. The van der Waals surface area contributed by atoms with Crippen LogP contribution in [0.5, 0.6) is 0 Å². The largest absolute Gasteiger partial charge is 0.465 e. The van der Waals surface area contributed by atoms with Crippen LogP contribution in [0.25, 0.3) is 0 Å². The zero-order valence-electron chi connectivity index (χ0n) is 13.5. The predicted octanol–water partition coefficient (Wildman–Crippen LogP) is 3.72. The molecule has 5 heteroatoms. The lowest BCUT2D eigenvalue weighted by Crippen LogP contribution is -2.22. The average molecular weight is 331 g/mol. The van der Waals surface area contributed by atoms with E-state index < -0.39 is 0 Å². The van der Waals surface area contributed by atoms with E-state index in [4.69, 9.17) is 0 Å². The van der Waals surface area contributed by atoms with Gasteiger partial charge in [-0.1, -0.05) is 26.0 Å².